The Morgan fingerprint density at radius 3 is 1.57 bits per heavy atom. The van der Waals surface area contributed by atoms with E-state index in [9.17, 15) is 0 Å². The molecule has 0 aromatic carbocycles. The molecule has 0 bridgehead atoms. The molecule has 79 valence electrons. The SMILES string of the molecule is CC1=C(C)C(C)(C)C([CH2][Ti+2])=C1C.[Cl-].[Cl-]. The van der Waals surface area contributed by atoms with E-state index in [1.807, 2.05) is 0 Å². The predicted octanol–water partition coefficient (Wildman–Crippen LogP) is -2.35. The number of hydrogen-bond acceptors (Lipinski definition) is 0. The first-order chi connectivity index (χ1) is 5.42. The maximum absolute atomic E-state index is 2.33. The standard InChI is InChI=1S/C11H17.2ClH.Ti/c1-7-8(2)10(4)11(5,6)9(7)3;;;/h3H2,1-2,4-6H3;2*1H;/q;;;+2/p-2. The molecule has 0 nitrogen and oxygen atoms in total. The van der Waals surface area contributed by atoms with Crippen molar-refractivity contribution in [3.8, 4) is 0 Å². The molecule has 0 heterocycles. The van der Waals surface area contributed by atoms with E-state index in [4.69, 9.17) is 0 Å². The molecule has 0 spiro atoms. The van der Waals surface area contributed by atoms with Gasteiger partial charge in [-0.1, -0.05) is 0 Å². The first-order valence-electron chi connectivity index (χ1n) is 4.46. The number of hydrogen-bond donors (Lipinski definition) is 0. The maximum atomic E-state index is 2.33. The third-order valence-corrected chi connectivity index (χ3v) is 4.00. The molecule has 1 aliphatic carbocycles. The summed E-state index contributed by atoms with van der Waals surface area (Å²) in [6.07, 6.45) is 0. The monoisotopic (exact) mass is 267 g/mol. The van der Waals surface area contributed by atoms with Crippen molar-refractivity contribution in [3.05, 3.63) is 22.3 Å². The van der Waals surface area contributed by atoms with Crippen molar-refractivity contribution in [1.82, 2.24) is 0 Å². The summed E-state index contributed by atoms with van der Waals surface area (Å²) in [7, 11) is 0. The quantitative estimate of drug-likeness (QED) is 0.467. The van der Waals surface area contributed by atoms with Crippen LogP contribution in [-0.4, -0.2) is 0 Å². The molecule has 0 atom stereocenters. The largest absolute Gasteiger partial charge is 1.00 e. The summed E-state index contributed by atoms with van der Waals surface area (Å²) in [6.45, 7) is 11.4. The summed E-state index contributed by atoms with van der Waals surface area (Å²) in [5, 5.41) is 0. The Morgan fingerprint density at radius 2 is 1.43 bits per heavy atom. The van der Waals surface area contributed by atoms with Crippen LogP contribution in [0.4, 0.5) is 0 Å². The van der Waals surface area contributed by atoms with Crippen LogP contribution < -0.4 is 24.8 Å². The second-order valence-corrected chi connectivity index (χ2v) is 4.71. The summed E-state index contributed by atoms with van der Waals surface area (Å²) in [6, 6.07) is 0. The average Bonchev–Trinajstić information content (AvgIpc) is 2.13. The van der Waals surface area contributed by atoms with Gasteiger partial charge in [0.1, 0.15) is 0 Å². The normalized spacial score (nSPS) is 19.4. The van der Waals surface area contributed by atoms with E-state index in [0.717, 1.165) is 0 Å². The second kappa shape index (κ2) is 5.75. The third kappa shape index (κ3) is 2.47. The third-order valence-electron chi connectivity index (χ3n) is 3.45. The molecule has 0 radical (unpaired) electrons. The molecule has 0 N–H and O–H groups in total. The van der Waals surface area contributed by atoms with Crippen molar-refractivity contribution < 1.29 is 45.2 Å². The fourth-order valence-electron chi connectivity index (χ4n) is 2.02. The maximum Gasteiger partial charge on any atom is -1.00 e. The van der Waals surface area contributed by atoms with Gasteiger partial charge in [-0.25, -0.2) is 0 Å². The molecule has 0 fully saturated rings. The van der Waals surface area contributed by atoms with Gasteiger partial charge in [0.05, 0.1) is 0 Å². The van der Waals surface area contributed by atoms with Crippen molar-refractivity contribution in [2.24, 2.45) is 5.41 Å². The molecular weight excluding hydrogens is 251 g/mol. The molecule has 0 amide bonds. The second-order valence-electron chi connectivity index (χ2n) is 4.16. The van der Waals surface area contributed by atoms with E-state index < -0.39 is 0 Å². The van der Waals surface area contributed by atoms with Crippen molar-refractivity contribution in [2.45, 2.75) is 39.3 Å². The minimum absolute atomic E-state index is 0. The summed E-state index contributed by atoms with van der Waals surface area (Å²) < 4.78 is 1.19. The van der Waals surface area contributed by atoms with E-state index in [-0.39, 0.29) is 24.8 Å². The molecule has 1 aliphatic rings. The van der Waals surface area contributed by atoms with Crippen molar-refractivity contribution >= 4 is 0 Å². The summed E-state index contributed by atoms with van der Waals surface area (Å²) in [4.78, 5) is 0. The molecule has 0 saturated heterocycles. The minimum Gasteiger partial charge on any atom is -1.00 e. The summed E-state index contributed by atoms with van der Waals surface area (Å²) >= 11 is 2.26. The zero-order chi connectivity index (χ0) is 9.52. The van der Waals surface area contributed by atoms with Crippen LogP contribution >= 0.6 is 0 Å². The van der Waals surface area contributed by atoms with Crippen LogP contribution in [0.3, 0.4) is 0 Å². The van der Waals surface area contributed by atoms with Gasteiger partial charge >= 0.3 is 87.5 Å². The molecule has 3 heteroatoms. The van der Waals surface area contributed by atoms with E-state index in [1.165, 1.54) is 15.9 Å². The van der Waals surface area contributed by atoms with E-state index in [1.54, 1.807) is 11.1 Å². The van der Waals surface area contributed by atoms with E-state index in [0.29, 0.717) is 5.41 Å². The van der Waals surface area contributed by atoms with E-state index in [2.05, 4.69) is 55.1 Å². The summed E-state index contributed by atoms with van der Waals surface area (Å²) in [5.74, 6) is 0. The first kappa shape index (κ1) is 17.2. The van der Waals surface area contributed by atoms with Gasteiger partial charge < -0.3 is 24.8 Å². The van der Waals surface area contributed by atoms with Crippen molar-refractivity contribution in [3.63, 3.8) is 0 Å². The van der Waals surface area contributed by atoms with Gasteiger partial charge in [-0.15, -0.1) is 0 Å². The molecule has 1 rings (SSSR count). The fourth-order valence-corrected chi connectivity index (χ4v) is 3.13. The zero-order valence-electron chi connectivity index (χ0n) is 9.46. The van der Waals surface area contributed by atoms with Crippen LogP contribution in [0, 0.1) is 5.41 Å². The Kier molecular flexibility index (Phi) is 7.05. The van der Waals surface area contributed by atoms with Gasteiger partial charge in [0.15, 0.2) is 0 Å². The first-order valence-corrected chi connectivity index (χ1v) is 5.56. The molecule has 14 heavy (non-hydrogen) atoms. The molecule has 0 unspecified atom stereocenters. The van der Waals surface area contributed by atoms with Gasteiger partial charge in [0, 0.05) is 0 Å². The van der Waals surface area contributed by atoms with Crippen molar-refractivity contribution in [1.29, 1.82) is 0 Å². The zero-order valence-corrected chi connectivity index (χ0v) is 12.5. The van der Waals surface area contributed by atoms with Gasteiger partial charge in [0.25, 0.3) is 0 Å². The Hall–Kier alpha value is 0.774. The average molecular weight is 268 g/mol. The van der Waals surface area contributed by atoms with Crippen LogP contribution in [0.1, 0.15) is 34.6 Å². The predicted molar refractivity (Wildman–Crippen MR) is 49.7 cm³/mol. The minimum atomic E-state index is 0. The number of halogens is 2. The topological polar surface area (TPSA) is 0 Å². The van der Waals surface area contributed by atoms with Crippen LogP contribution in [0.5, 0.6) is 0 Å². The number of allylic oxidation sites excluding steroid dienone is 4. The van der Waals surface area contributed by atoms with Crippen LogP contribution in [-0.2, 0) is 20.4 Å². The van der Waals surface area contributed by atoms with E-state index >= 15 is 0 Å². The Balaban J connectivity index is 0. The van der Waals surface area contributed by atoms with Crippen LogP contribution in [0.25, 0.3) is 0 Å². The molecule has 0 aliphatic heterocycles. The molecule has 0 saturated carbocycles. The molecular formula is C11H17Cl2Ti. The summed E-state index contributed by atoms with van der Waals surface area (Å²) in [5.41, 5.74) is 6.54. The fraction of sp³-hybridized carbons (Fsp3) is 0.636. The van der Waals surface area contributed by atoms with Gasteiger partial charge in [-0.05, 0) is 0 Å². The molecule has 0 aromatic rings. The number of rotatable bonds is 1. The molecule has 0 aromatic heterocycles. The van der Waals surface area contributed by atoms with Gasteiger partial charge in [0.2, 0.25) is 0 Å². The Labute approximate surface area is 112 Å². The smallest absolute Gasteiger partial charge is 1.00 e. The van der Waals surface area contributed by atoms with Crippen LogP contribution in [0.15, 0.2) is 22.3 Å². The Bertz CT molecular complexity index is 275. The van der Waals surface area contributed by atoms with Crippen LogP contribution in [0.2, 0.25) is 4.73 Å². The van der Waals surface area contributed by atoms with Gasteiger partial charge in [-0.3, -0.25) is 0 Å². The Morgan fingerprint density at radius 1 is 1.00 bits per heavy atom. The van der Waals surface area contributed by atoms with Crippen molar-refractivity contribution in [2.75, 3.05) is 0 Å². The van der Waals surface area contributed by atoms with Gasteiger partial charge in [-0.2, -0.15) is 0 Å².